The lowest BCUT2D eigenvalue weighted by molar-refractivity contribution is 0.150. The highest BCUT2D eigenvalue weighted by Crippen LogP contribution is 2.25. The number of hydrogen-bond acceptors (Lipinski definition) is 3. The summed E-state index contributed by atoms with van der Waals surface area (Å²) in [5.74, 6) is 0. The van der Waals surface area contributed by atoms with Crippen molar-refractivity contribution < 1.29 is 4.74 Å². The molecule has 0 amide bonds. The van der Waals surface area contributed by atoms with E-state index < -0.39 is 0 Å². The molecule has 0 radical (unpaired) electrons. The first-order chi connectivity index (χ1) is 8.33. The van der Waals surface area contributed by atoms with Gasteiger partial charge >= 0.3 is 0 Å². The third-order valence-corrected chi connectivity index (χ3v) is 3.61. The summed E-state index contributed by atoms with van der Waals surface area (Å²) < 4.78 is 5.14. The van der Waals surface area contributed by atoms with E-state index in [0.29, 0.717) is 10.8 Å². The Bertz CT molecular complexity index is 203. The van der Waals surface area contributed by atoms with Gasteiger partial charge in [-0.05, 0) is 49.6 Å². The number of rotatable bonds is 11. The van der Waals surface area contributed by atoms with E-state index in [9.17, 15) is 0 Å². The second-order valence-corrected chi connectivity index (χ2v) is 6.89. The first-order valence-corrected chi connectivity index (χ1v) is 7.23. The molecular weight excluding hydrogens is 224 g/mol. The van der Waals surface area contributed by atoms with Crippen molar-refractivity contribution in [1.82, 2.24) is 5.32 Å². The van der Waals surface area contributed by atoms with Crippen LogP contribution in [0.1, 0.15) is 53.4 Å². The fourth-order valence-corrected chi connectivity index (χ4v) is 2.10. The van der Waals surface area contributed by atoms with Crippen LogP contribution in [0.5, 0.6) is 0 Å². The van der Waals surface area contributed by atoms with Crippen LogP contribution in [0.2, 0.25) is 0 Å². The second kappa shape index (κ2) is 8.89. The lowest BCUT2D eigenvalue weighted by Crippen LogP contribution is -2.31. The van der Waals surface area contributed by atoms with Crippen LogP contribution in [0.4, 0.5) is 0 Å². The molecule has 0 aliphatic rings. The number of nitrogens with two attached hydrogens (primary N) is 1. The van der Waals surface area contributed by atoms with Crippen molar-refractivity contribution in [3.63, 3.8) is 0 Å². The van der Waals surface area contributed by atoms with E-state index in [1.54, 1.807) is 7.11 Å². The average Bonchev–Trinajstić information content (AvgIpc) is 2.25. The maximum atomic E-state index is 5.62. The minimum Gasteiger partial charge on any atom is -0.385 e. The Hall–Kier alpha value is -0.120. The van der Waals surface area contributed by atoms with Gasteiger partial charge in [0.15, 0.2) is 0 Å². The summed E-state index contributed by atoms with van der Waals surface area (Å²) in [6, 6.07) is 0. The van der Waals surface area contributed by atoms with E-state index >= 15 is 0 Å². The quantitative estimate of drug-likeness (QED) is 0.560. The molecule has 0 aromatic rings. The Kier molecular flexibility index (Phi) is 8.83. The molecule has 0 spiro atoms. The van der Waals surface area contributed by atoms with Crippen molar-refractivity contribution in [2.75, 3.05) is 33.4 Å². The van der Waals surface area contributed by atoms with Crippen molar-refractivity contribution in [3.05, 3.63) is 0 Å². The van der Waals surface area contributed by atoms with Gasteiger partial charge in [0.25, 0.3) is 0 Å². The Balaban J connectivity index is 3.61. The van der Waals surface area contributed by atoms with Gasteiger partial charge in [0.2, 0.25) is 0 Å². The smallest absolute Gasteiger partial charge is 0.0467 e. The predicted octanol–water partition coefficient (Wildman–Crippen LogP) is 2.79. The van der Waals surface area contributed by atoms with Gasteiger partial charge in [-0.3, -0.25) is 0 Å². The van der Waals surface area contributed by atoms with Gasteiger partial charge in [-0.1, -0.05) is 27.7 Å². The predicted molar refractivity (Wildman–Crippen MR) is 79.8 cm³/mol. The fraction of sp³-hybridized carbons (Fsp3) is 1.00. The number of methoxy groups -OCH3 is 1. The molecule has 0 fully saturated rings. The van der Waals surface area contributed by atoms with Gasteiger partial charge in [-0.15, -0.1) is 0 Å². The van der Waals surface area contributed by atoms with E-state index in [4.69, 9.17) is 10.5 Å². The Morgan fingerprint density at radius 3 is 2.22 bits per heavy atom. The van der Waals surface area contributed by atoms with Gasteiger partial charge in [0, 0.05) is 20.3 Å². The van der Waals surface area contributed by atoms with E-state index in [1.165, 1.54) is 12.8 Å². The SMILES string of the molecule is COCCC(C)(C)CNCCCC(C)(C)CCN. The fourth-order valence-electron chi connectivity index (χ4n) is 2.10. The highest BCUT2D eigenvalue weighted by Gasteiger charge is 2.18. The number of hydrogen-bond donors (Lipinski definition) is 2. The van der Waals surface area contributed by atoms with Crippen LogP contribution in [0.15, 0.2) is 0 Å². The molecule has 0 aromatic carbocycles. The van der Waals surface area contributed by atoms with Gasteiger partial charge in [0.1, 0.15) is 0 Å². The summed E-state index contributed by atoms with van der Waals surface area (Å²) in [6.45, 7) is 13.0. The summed E-state index contributed by atoms with van der Waals surface area (Å²) in [6.07, 6.45) is 4.70. The van der Waals surface area contributed by atoms with Crippen molar-refractivity contribution in [2.24, 2.45) is 16.6 Å². The number of ether oxygens (including phenoxy) is 1. The maximum absolute atomic E-state index is 5.62. The van der Waals surface area contributed by atoms with Gasteiger partial charge in [-0.2, -0.15) is 0 Å². The highest BCUT2D eigenvalue weighted by atomic mass is 16.5. The molecule has 0 aliphatic carbocycles. The largest absolute Gasteiger partial charge is 0.385 e. The standard InChI is InChI=1S/C15H34N2O/c1-14(2,8-10-16)7-6-11-17-13-15(3,4)9-12-18-5/h17H,6-13,16H2,1-5H3. The van der Waals surface area contributed by atoms with Crippen LogP contribution >= 0.6 is 0 Å². The van der Waals surface area contributed by atoms with Crippen LogP contribution in [-0.4, -0.2) is 33.4 Å². The molecule has 0 aromatic heterocycles. The lowest BCUT2D eigenvalue weighted by Gasteiger charge is -2.26. The summed E-state index contributed by atoms with van der Waals surface area (Å²) in [4.78, 5) is 0. The molecule has 0 rings (SSSR count). The third-order valence-electron chi connectivity index (χ3n) is 3.61. The topological polar surface area (TPSA) is 47.3 Å². The van der Waals surface area contributed by atoms with E-state index in [1.807, 2.05) is 0 Å². The molecule has 0 aliphatic heterocycles. The maximum Gasteiger partial charge on any atom is 0.0467 e. The summed E-state index contributed by atoms with van der Waals surface area (Å²) in [5.41, 5.74) is 6.33. The molecule has 0 saturated carbocycles. The third kappa shape index (κ3) is 9.86. The summed E-state index contributed by atoms with van der Waals surface area (Å²) in [7, 11) is 1.77. The Morgan fingerprint density at radius 2 is 1.67 bits per heavy atom. The minimum atomic E-state index is 0.322. The van der Waals surface area contributed by atoms with Crippen molar-refractivity contribution in [3.8, 4) is 0 Å². The van der Waals surface area contributed by atoms with E-state index in [-0.39, 0.29) is 0 Å². The molecular formula is C15H34N2O. The zero-order valence-electron chi connectivity index (χ0n) is 13.1. The van der Waals surface area contributed by atoms with Crippen molar-refractivity contribution in [1.29, 1.82) is 0 Å². The second-order valence-electron chi connectivity index (χ2n) is 6.89. The van der Waals surface area contributed by atoms with Gasteiger partial charge in [-0.25, -0.2) is 0 Å². The van der Waals surface area contributed by atoms with Crippen LogP contribution in [0.25, 0.3) is 0 Å². The number of nitrogens with one attached hydrogen (secondary N) is 1. The zero-order chi connectivity index (χ0) is 14.1. The van der Waals surface area contributed by atoms with E-state index in [0.717, 1.165) is 39.1 Å². The Labute approximate surface area is 114 Å². The highest BCUT2D eigenvalue weighted by molar-refractivity contribution is 4.73. The van der Waals surface area contributed by atoms with Crippen LogP contribution in [0, 0.1) is 10.8 Å². The van der Waals surface area contributed by atoms with Crippen LogP contribution in [0.3, 0.4) is 0 Å². The average molecular weight is 258 g/mol. The minimum absolute atomic E-state index is 0.322. The summed E-state index contributed by atoms with van der Waals surface area (Å²) in [5, 5.41) is 3.56. The van der Waals surface area contributed by atoms with Gasteiger partial charge in [0.05, 0.1) is 0 Å². The first kappa shape index (κ1) is 17.9. The molecule has 3 N–H and O–H groups in total. The molecule has 0 saturated heterocycles. The molecule has 0 unspecified atom stereocenters. The lowest BCUT2D eigenvalue weighted by atomic mass is 9.84. The Morgan fingerprint density at radius 1 is 1.00 bits per heavy atom. The molecule has 110 valence electrons. The monoisotopic (exact) mass is 258 g/mol. The van der Waals surface area contributed by atoms with Gasteiger partial charge < -0.3 is 15.8 Å². The van der Waals surface area contributed by atoms with E-state index in [2.05, 4.69) is 33.0 Å². The van der Waals surface area contributed by atoms with Crippen molar-refractivity contribution >= 4 is 0 Å². The first-order valence-electron chi connectivity index (χ1n) is 7.23. The van der Waals surface area contributed by atoms with Crippen LogP contribution in [-0.2, 0) is 4.74 Å². The molecule has 0 bridgehead atoms. The molecule has 3 nitrogen and oxygen atoms in total. The molecule has 0 atom stereocenters. The van der Waals surface area contributed by atoms with Crippen LogP contribution < -0.4 is 11.1 Å². The zero-order valence-corrected chi connectivity index (χ0v) is 13.1. The molecule has 0 heterocycles. The molecule has 18 heavy (non-hydrogen) atoms. The van der Waals surface area contributed by atoms with Crippen molar-refractivity contribution in [2.45, 2.75) is 53.4 Å². The normalized spacial score (nSPS) is 13.0. The molecule has 3 heteroatoms. The summed E-state index contributed by atoms with van der Waals surface area (Å²) >= 11 is 0.